The summed E-state index contributed by atoms with van der Waals surface area (Å²) in [6, 6.07) is 7.55. The van der Waals surface area contributed by atoms with Gasteiger partial charge in [-0.05, 0) is 38.0 Å². The first-order valence-electron chi connectivity index (χ1n) is 6.64. The van der Waals surface area contributed by atoms with Gasteiger partial charge in [-0.1, -0.05) is 22.9 Å². The van der Waals surface area contributed by atoms with Gasteiger partial charge in [0.1, 0.15) is 0 Å². The smallest absolute Gasteiger partial charge is 0.276 e. The predicted octanol–water partition coefficient (Wildman–Crippen LogP) is 2.55. The number of nitrogens with zero attached hydrogens (tertiary/aromatic N) is 4. The molecule has 1 aromatic carbocycles. The summed E-state index contributed by atoms with van der Waals surface area (Å²) in [6.45, 7) is 2.86. The fraction of sp³-hybridized carbons (Fsp3) is 0.357. The summed E-state index contributed by atoms with van der Waals surface area (Å²) < 4.78 is 1.57. The lowest BCUT2D eigenvalue weighted by atomic mass is 10.2. The van der Waals surface area contributed by atoms with Crippen molar-refractivity contribution in [3.05, 3.63) is 41.2 Å². The summed E-state index contributed by atoms with van der Waals surface area (Å²) in [5.74, 6) is -0.0525. The molecular weight excluding hydrogens is 276 g/mol. The standard InChI is InChI=1S/C14H15ClN4O/c1-10-4-3-7-18(10)14(20)13-9-19(17-16-13)12-6-2-5-11(15)8-12/h2,5-6,8-10H,3-4,7H2,1H3. The van der Waals surface area contributed by atoms with Gasteiger partial charge in [0.05, 0.1) is 11.9 Å². The molecule has 0 bridgehead atoms. The molecule has 1 fully saturated rings. The first-order valence-corrected chi connectivity index (χ1v) is 7.02. The molecule has 1 unspecified atom stereocenters. The van der Waals surface area contributed by atoms with Gasteiger partial charge in [-0.25, -0.2) is 4.68 Å². The van der Waals surface area contributed by atoms with E-state index in [2.05, 4.69) is 17.2 Å². The first kappa shape index (κ1) is 13.1. The van der Waals surface area contributed by atoms with Crippen molar-refractivity contribution in [2.24, 2.45) is 0 Å². The molecule has 0 N–H and O–H groups in total. The fourth-order valence-corrected chi connectivity index (χ4v) is 2.67. The van der Waals surface area contributed by atoms with E-state index in [1.807, 2.05) is 17.0 Å². The Balaban J connectivity index is 1.85. The van der Waals surface area contributed by atoms with Crippen LogP contribution in [0.3, 0.4) is 0 Å². The lowest BCUT2D eigenvalue weighted by Gasteiger charge is -2.19. The Bertz CT molecular complexity index is 640. The Morgan fingerprint density at radius 1 is 1.45 bits per heavy atom. The molecular formula is C14H15ClN4O. The lowest BCUT2D eigenvalue weighted by molar-refractivity contribution is 0.0741. The Hall–Kier alpha value is -1.88. The molecule has 0 aliphatic carbocycles. The monoisotopic (exact) mass is 290 g/mol. The molecule has 0 spiro atoms. The topological polar surface area (TPSA) is 51.0 Å². The highest BCUT2D eigenvalue weighted by atomic mass is 35.5. The van der Waals surface area contributed by atoms with Crippen LogP contribution in [0.2, 0.25) is 5.02 Å². The minimum Gasteiger partial charge on any atom is -0.334 e. The minimum atomic E-state index is -0.0525. The number of likely N-dealkylation sites (tertiary alicyclic amines) is 1. The van der Waals surface area contributed by atoms with E-state index in [9.17, 15) is 4.79 Å². The van der Waals surface area contributed by atoms with E-state index in [1.54, 1.807) is 23.0 Å². The zero-order chi connectivity index (χ0) is 14.1. The molecule has 1 amide bonds. The number of rotatable bonds is 2. The lowest BCUT2D eigenvalue weighted by Crippen LogP contribution is -2.33. The highest BCUT2D eigenvalue weighted by Crippen LogP contribution is 2.19. The van der Waals surface area contributed by atoms with Gasteiger partial charge in [-0.3, -0.25) is 4.79 Å². The Kier molecular flexibility index (Phi) is 3.44. The van der Waals surface area contributed by atoms with Crippen molar-refractivity contribution in [3.63, 3.8) is 0 Å². The number of halogens is 1. The number of aromatic nitrogens is 3. The van der Waals surface area contributed by atoms with Crippen molar-refractivity contribution in [1.29, 1.82) is 0 Å². The van der Waals surface area contributed by atoms with Gasteiger partial charge < -0.3 is 4.90 Å². The summed E-state index contributed by atoms with van der Waals surface area (Å²) >= 11 is 5.95. The Labute approximate surface area is 122 Å². The largest absolute Gasteiger partial charge is 0.334 e. The average molecular weight is 291 g/mol. The molecule has 20 heavy (non-hydrogen) atoms. The van der Waals surface area contributed by atoms with Crippen molar-refractivity contribution < 1.29 is 4.79 Å². The molecule has 0 saturated carbocycles. The minimum absolute atomic E-state index is 0.0525. The van der Waals surface area contributed by atoms with E-state index in [-0.39, 0.29) is 11.9 Å². The van der Waals surface area contributed by atoms with Crippen LogP contribution in [0.1, 0.15) is 30.3 Å². The van der Waals surface area contributed by atoms with Crippen LogP contribution in [-0.4, -0.2) is 38.4 Å². The van der Waals surface area contributed by atoms with E-state index in [4.69, 9.17) is 11.6 Å². The number of carbonyl (C=O) groups is 1. The Morgan fingerprint density at radius 2 is 2.30 bits per heavy atom. The normalized spacial score (nSPS) is 18.5. The van der Waals surface area contributed by atoms with Gasteiger partial charge in [0.25, 0.3) is 5.91 Å². The maximum atomic E-state index is 12.4. The van der Waals surface area contributed by atoms with E-state index in [0.717, 1.165) is 25.1 Å². The zero-order valence-electron chi connectivity index (χ0n) is 11.2. The summed E-state index contributed by atoms with van der Waals surface area (Å²) in [5.41, 5.74) is 1.16. The zero-order valence-corrected chi connectivity index (χ0v) is 11.9. The second kappa shape index (κ2) is 5.25. The first-order chi connectivity index (χ1) is 9.65. The van der Waals surface area contributed by atoms with Crippen LogP contribution < -0.4 is 0 Å². The Morgan fingerprint density at radius 3 is 3.00 bits per heavy atom. The van der Waals surface area contributed by atoms with Gasteiger partial charge in [0, 0.05) is 17.6 Å². The quantitative estimate of drug-likeness (QED) is 0.854. The number of amides is 1. The van der Waals surface area contributed by atoms with Crippen LogP contribution in [0, 0.1) is 0 Å². The van der Waals surface area contributed by atoms with Crippen LogP contribution >= 0.6 is 11.6 Å². The molecule has 2 heterocycles. The molecule has 1 aliphatic heterocycles. The van der Waals surface area contributed by atoms with Crippen molar-refractivity contribution >= 4 is 17.5 Å². The second-order valence-electron chi connectivity index (χ2n) is 5.02. The molecule has 1 atom stereocenters. The summed E-state index contributed by atoms with van der Waals surface area (Å²) in [4.78, 5) is 14.2. The molecule has 5 nitrogen and oxygen atoms in total. The maximum Gasteiger partial charge on any atom is 0.276 e. The summed E-state index contributed by atoms with van der Waals surface area (Å²) in [6.07, 6.45) is 3.75. The predicted molar refractivity (Wildman–Crippen MR) is 76.1 cm³/mol. The van der Waals surface area contributed by atoms with Crippen LogP contribution in [0.25, 0.3) is 5.69 Å². The number of hydrogen-bond acceptors (Lipinski definition) is 3. The number of carbonyl (C=O) groups excluding carboxylic acids is 1. The number of benzene rings is 1. The highest BCUT2D eigenvalue weighted by molar-refractivity contribution is 6.30. The summed E-state index contributed by atoms with van der Waals surface area (Å²) in [5, 5.41) is 8.61. The highest BCUT2D eigenvalue weighted by Gasteiger charge is 2.27. The molecule has 104 valence electrons. The maximum absolute atomic E-state index is 12.4. The second-order valence-corrected chi connectivity index (χ2v) is 5.45. The molecule has 0 radical (unpaired) electrons. The van der Waals surface area contributed by atoms with E-state index < -0.39 is 0 Å². The molecule has 2 aromatic rings. The average Bonchev–Trinajstić information content (AvgIpc) is 3.07. The van der Waals surface area contributed by atoms with Gasteiger partial charge in [-0.15, -0.1) is 5.10 Å². The van der Waals surface area contributed by atoms with Crippen LogP contribution in [0.4, 0.5) is 0 Å². The van der Waals surface area contributed by atoms with Crippen molar-refractivity contribution in [3.8, 4) is 5.69 Å². The number of hydrogen-bond donors (Lipinski definition) is 0. The third-order valence-electron chi connectivity index (χ3n) is 3.60. The third kappa shape index (κ3) is 2.41. The van der Waals surface area contributed by atoms with Crippen LogP contribution in [0.15, 0.2) is 30.5 Å². The van der Waals surface area contributed by atoms with Crippen LogP contribution in [-0.2, 0) is 0 Å². The molecule has 1 saturated heterocycles. The van der Waals surface area contributed by atoms with Gasteiger partial charge in [0.15, 0.2) is 5.69 Å². The fourth-order valence-electron chi connectivity index (χ4n) is 2.49. The summed E-state index contributed by atoms with van der Waals surface area (Å²) in [7, 11) is 0. The molecule has 1 aromatic heterocycles. The van der Waals surface area contributed by atoms with E-state index in [0.29, 0.717) is 10.7 Å². The van der Waals surface area contributed by atoms with E-state index >= 15 is 0 Å². The molecule has 1 aliphatic rings. The van der Waals surface area contributed by atoms with Crippen molar-refractivity contribution in [2.75, 3.05) is 6.54 Å². The van der Waals surface area contributed by atoms with Gasteiger partial charge in [0.2, 0.25) is 0 Å². The molecule has 6 heteroatoms. The third-order valence-corrected chi connectivity index (χ3v) is 3.83. The van der Waals surface area contributed by atoms with Gasteiger partial charge in [-0.2, -0.15) is 0 Å². The SMILES string of the molecule is CC1CCCN1C(=O)c1cn(-c2cccc(Cl)c2)nn1. The molecule has 3 rings (SSSR count). The van der Waals surface area contributed by atoms with Gasteiger partial charge >= 0.3 is 0 Å². The van der Waals surface area contributed by atoms with Crippen molar-refractivity contribution in [1.82, 2.24) is 19.9 Å². The van der Waals surface area contributed by atoms with E-state index in [1.165, 1.54) is 0 Å². The van der Waals surface area contributed by atoms with Crippen LogP contribution in [0.5, 0.6) is 0 Å². The van der Waals surface area contributed by atoms with Crippen molar-refractivity contribution in [2.45, 2.75) is 25.8 Å².